The fourth-order valence-corrected chi connectivity index (χ4v) is 8.83. The van der Waals surface area contributed by atoms with Crippen molar-refractivity contribution in [1.82, 2.24) is 0 Å². The minimum atomic E-state index is -2.07. The summed E-state index contributed by atoms with van der Waals surface area (Å²) in [6.45, 7) is 8.07. The third-order valence-corrected chi connectivity index (χ3v) is 10.4. The Kier molecular flexibility index (Phi) is 6.89. The highest BCUT2D eigenvalue weighted by Crippen LogP contribution is 2.72. The molecule has 8 atom stereocenters. The smallest absolute Gasteiger partial charge is 0.303 e. The third kappa shape index (κ3) is 3.82. The summed E-state index contributed by atoms with van der Waals surface area (Å²) in [5.41, 5.74) is -4.76. The van der Waals surface area contributed by atoms with Crippen LogP contribution in [0.25, 0.3) is 0 Å². The van der Waals surface area contributed by atoms with Crippen LogP contribution in [0.2, 0.25) is 0 Å². The molecule has 1 heterocycles. The Labute approximate surface area is 233 Å². The van der Waals surface area contributed by atoms with Crippen molar-refractivity contribution in [3.05, 3.63) is 23.0 Å². The van der Waals surface area contributed by atoms with Crippen molar-refractivity contribution < 1.29 is 42.8 Å². The van der Waals surface area contributed by atoms with Crippen LogP contribution in [0.4, 0.5) is 4.39 Å². The van der Waals surface area contributed by atoms with Crippen molar-refractivity contribution >= 4 is 29.6 Å². The largest absolute Gasteiger partial charge is 0.497 e. The molecule has 8 nitrogen and oxygen atoms in total. The minimum Gasteiger partial charge on any atom is -0.497 e. The number of fused-ring (bicyclic) bond motifs is 7. The average Bonchev–Trinajstić information content (AvgIpc) is 3.27. The molecule has 2 saturated carbocycles. The highest BCUT2D eigenvalue weighted by molar-refractivity contribution is 6.18. The summed E-state index contributed by atoms with van der Waals surface area (Å²) in [5, 5.41) is 11.8. The van der Waals surface area contributed by atoms with Gasteiger partial charge in [-0.1, -0.05) is 13.8 Å². The lowest BCUT2D eigenvalue weighted by Crippen LogP contribution is -2.70. The Morgan fingerprint density at radius 1 is 1.26 bits per heavy atom. The fraction of sp³-hybridized carbons (Fsp3) is 0.759. The summed E-state index contributed by atoms with van der Waals surface area (Å²) < 4.78 is 41.3. The number of rotatable bonds is 7. The second-order valence-electron chi connectivity index (χ2n) is 12.6. The first-order valence-electron chi connectivity index (χ1n) is 13.7. The van der Waals surface area contributed by atoms with Crippen LogP contribution in [0.3, 0.4) is 0 Å². The molecular weight excluding hydrogens is 531 g/mol. The number of ether oxygens (including phenoxy) is 4. The summed E-state index contributed by atoms with van der Waals surface area (Å²) in [4.78, 5) is 37.8. The number of esters is 1. The van der Waals surface area contributed by atoms with Gasteiger partial charge in [-0.05, 0) is 62.7 Å². The molecule has 0 unspecified atom stereocenters. The lowest BCUT2D eigenvalue weighted by Gasteiger charge is -2.63. The number of carbonyl (C=O) groups is 3. The van der Waals surface area contributed by atoms with E-state index in [0.717, 1.165) is 6.29 Å². The standard InChI is InChI=1S/C29H38ClFO8/c1-16(33)37-15-23(35)29-24(38-25(2,3)39-29)12-20-21-10-17(14-32)19-11-18(36-9-8-30)6-7-26(19,4)28(21,31)22(34)13-27(20,29)5/h11,14,20-22,24,34H,6-10,12-13,15H2,1-5H3/t20-,21+,22+,24-,26+,27-,28+,29-/m1/s1. The van der Waals surface area contributed by atoms with Crippen molar-refractivity contribution in [3.63, 3.8) is 0 Å². The van der Waals surface area contributed by atoms with Gasteiger partial charge in [0.2, 0.25) is 5.78 Å². The number of allylic oxidation sites excluding steroid dienone is 4. The normalized spacial score (nSPS) is 43.9. The highest BCUT2D eigenvalue weighted by Gasteiger charge is 2.80. The molecule has 39 heavy (non-hydrogen) atoms. The Morgan fingerprint density at radius 3 is 2.62 bits per heavy atom. The molecule has 0 spiro atoms. The van der Waals surface area contributed by atoms with Crippen LogP contribution in [0.15, 0.2) is 23.0 Å². The van der Waals surface area contributed by atoms with Crippen LogP contribution >= 0.6 is 11.6 Å². The number of halogens is 2. The predicted molar refractivity (Wildman–Crippen MR) is 138 cm³/mol. The van der Waals surface area contributed by atoms with Crippen LogP contribution in [0, 0.1) is 22.7 Å². The van der Waals surface area contributed by atoms with Crippen LogP contribution in [-0.2, 0) is 33.3 Å². The van der Waals surface area contributed by atoms with Gasteiger partial charge in [0.15, 0.2) is 18.0 Å². The number of aliphatic hydroxyl groups excluding tert-OH is 1. The van der Waals surface area contributed by atoms with Gasteiger partial charge in [-0.2, -0.15) is 0 Å². The van der Waals surface area contributed by atoms with Crippen LogP contribution in [0.5, 0.6) is 0 Å². The van der Waals surface area contributed by atoms with E-state index in [1.165, 1.54) is 6.92 Å². The monoisotopic (exact) mass is 568 g/mol. The first-order valence-corrected chi connectivity index (χ1v) is 14.2. The Morgan fingerprint density at radius 2 is 1.97 bits per heavy atom. The lowest BCUT2D eigenvalue weighted by atomic mass is 9.44. The quantitative estimate of drug-likeness (QED) is 0.279. The second-order valence-corrected chi connectivity index (χ2v) is 13.0. The maximum atomic E-state index is 17.8. The first kappa shape index (κ1) is 28.7. The van der Waals surface area contributed by atoms with Gasteiger partial charge in [0.05, 0.1) is 23.8 Å². The molecule has 0 aromatic rings. The molecule has 1 saturated heterocycles. The molecule has 1 aliphatic heterocycles. The molecule has 0 radical (unpaired) electrons. The van der Waals surface area contributed by atoms with Crippen molar-refractivity contribution in [1.29, 1.82) is 0 Å². The molecule has 5 aliphatic rings. The molecule has 0 aromatic heterocycles. The lowest BCUT2D eigenvalue weighted by molar-refractivity contribution is -0.248. The van der Waals surface area contributed by atoms with Crippen molar-refractivity contribution in [2.75, 3.05) is 19.1 Å². The molecule has 5 rings (SSSR count). The molecule has 0 aromatic carbocycles. The van der Waals surface area contributed by atoms with E-state index >= 15 is 4.39 Å². The number of aliphatic hydroxyl groups is 1. The zero-order valence-electron chi connectivity index (χ0n) is 23.2. The van der Waals surface area contributed by atoms with Crippen LogP contribution < -0.4 is 0 Å². The average molecular weight is 569 g/mol. The van der Waals surface area contributed by atoms with Gasteiger partial charge in [-0.3, -0.25) is 14.4 Å². The van der Waals surface area contributed by atoms with Crippen LogP contribution in [0.1, 0.15) is 66.7 Å². The Bertz CT molecular complexity index is 1150. The van der Waals surface area contributed by atoms with Gasteiger partial charge in [0.1, 0.15) is 18.6 Å². The molecule has 4 aliphatic carbocycles. The van der Waals surface area contributed by atoms with E-state index in [2.05, 4.69) is 0 Å². The molecule has 216 valence electrons. The van der Waals surface area contributed by atoms with E-state index in [1.807, 2.05) is 6.92 Å². The van der Waals surface area contributed by atoms with E-state index in [4.69, 9.17) is 30.5 Å². The zero-order valence-corrected chi connectivity index (χ0v) is 23.9. The van der Waals surface area contributed by atoms with Gasteiger partial charge in [-0.15, -0.1) is 11.6 Å². The van der Waals surface area contributed by atoms with E-state index in [-0.39, 0.29) is 12.8 Å². The number of ketones is 1. The SMILES string of the molecule is CC(=O)OCC(=O)[C@@]12OC(C)(C)O[C@@H]1C[C@@H]1[C@@H]3CC(C=O)=C4C=C(OCCCl)CC[C@]4(C)[C@@]3(F)[C@@H](O)C[C@]12C. The number of Topliss-reactive ketones (excluding diaryl/α,β-unsaturated/α-hetero) is 1. The zero-order chi connectivity index (χ0) is 28.6. The maximum absolute atomic E-state index is 17.8. The summed E-state index contributed by atoms with van der Waals surface area (Å²) >= 11 is 5.78. The van der Waals surface area contributed by atoms with Gasteiger partial charge < -0.3 is 24.1 Å². The Hall–Kier alpha value is -1.81. The molecule has 1 N–H and O–H groups in total. The summed E-state index contributed by atoms with van der Waals surface area (Å²) in [5.74, 6) is -2.43. The number of alkyl halides is 2. The van der Waals surface area contributed by atoms with Crippen LogP contribution in [-0.4, -0.2) is 71.5 Å². The number of aldehydes is 1. The van der Waals surface area contributed by atoms with E-state index in [9.17, 15) is 19.5 Å². The Balaban J connectivity index is 1.61. The number of hydrogen-bond acceptors (Lipinski definition) is 8. The summed E-state index contributed by atoms with van der Waals surface area (Å²) in [6.07, 6.45) is 1.52. The van der Waals surface area contributed by atoms with Crippen molar-refractivity contribution in [2.45, 2.75) is 96.0 Å². The van der Waals surface area contributed by atoms with Gasteiger partial charge >= 0.3 is 5.97 Å². The first-order chi connectivity index (χ1) is 18.2. The maximum Gasteiger partial charge on any atom is 0.303 e. The number of hydrogen-bond donors (Lipinski definition) is 1. The predicted octanol–water partition coefficient (Wildman–Crippen LogP) is 3.96. The molecule has 0 bridgehead atoms. The highest BCUT2D eigenvalue weighted by atomic mass is 35.5. The second kappa shape index (κ2) is 9.36. The van der Waals surface area contributed by atoms with E-state index in [1.54, 1.807) is 26.8 Å². The summed E-state index contributed by atoms with van der Waals surface area (Å²) in [7, 11) is 0. The van der Waals surface area contributed by atoms with Crippen molar-refractivity contribution in [3.8, 4) is 0 Å². The van der Waals surface area contributed by atoms with Crippen molar-refractivity contribution in [2.24, 2.45) is 22.7 Å². The van der Waals surface area contributed by atoms with Gasteiger partial charge in [-0.25, -0.2) is 4.39 Å². The van der Waals surface area contributed by atoms with Gasteiger partial charge in [0.25, 0.3) is 0 Å². The third-order valence-electron chi connectivity index (χ3n) is 10.3. The molecule has 0 amide bonds. The fourth-order valence-electron chi connectivity index (χ4n) is 8.75. The molecular formula is C29H38ClFO8. The topological polar surface area (TPSA) is 108 Å². The molecule has 3 fully saturated rings. The minimum absolute atomic E-state index is 0.0506. The number of carbonyl (C=O) groups excluding carboxylic acids is 3. The van der Waals surface area contributed by atoms with E-state index in [0.29, 0.717) is 48.7 Å². The molecule has 10 heteroatoms. The summed E-state index contributed by atoms with van der Waals surface area (Å²) in [6, 6.07) is 0. The van der Waals surface area contributed by atoms with E-state index < -0.39 is 70.3 Å². The van der Waals surface area contributed by atoms with Gasteiger partial charge in [0, 0.05) is 30.1 Å².